The number of amides is 4. The van der Waals surface area contributed by atoms with Gasteiger partial charge in [-0.05, 0) is 65.6 Å². The van der Waals surface area contributed by atoms with Gasteiger partial charge in [0.2, 0.25) is 0 Å². The third-order valence-electron chi connectivity index (χ3n) is 7.53. The van der Waals surface area contributed by atoms with Gasteiger partial charge in [-0.2, -0.15) is 13.2 Å². The summed E-state index contributed by atoms with van der Waals surface area (Å²) in [6, 6.07) is 20.8. The van der Waals surface area contributed by atoms with E-state index in [1.54, 1.807) is 43.3 Å². The molecule has 1 unspecified atom stereocenters. The van der Waals surface area contributed by atoms with Crippen molar-refractivity contribution in [3.8, 4) is 11.1 Å². The van der Waals surface area contributed by atoms with Crippen LogP contribution in [0.15, 0.2) is 84.9 Å². The van der Waals surface area contributed by atoms with Crippen molar-refractivity contribution in [2.24, 2.45) is 0 Å². The number of alkyl halides is 3. The van der Waals surface area contributed by atoms with Crippen molar-refractivity contribution in [2.45, 2.75) is 19.0 Å². The van der Waals surface area contributed by atoms with Gasteiger partial charge in [0.05, 0.1) is 27.9 Å². The van der Waals surface area contributed by atoms with E-state index >= 15 is 0 Å². The van der Waals surface area contributed by atoms with E-state index in [4.69, 9.17) is 0 Å². The lowest BCUT2D eigenvalue weighted by Crippen LogP contribution is -2.29. The van der Waals surface area contributed by atoms with E-state index in [-0.39, 0.29) is 33.5 Å². The second-order valence-electron chi connectivity index (χ2n) is 10.1. The molecule has 0 fully saturated rings. The molecule has 0 bridgehead atoms. The van der Waals surface area contributed by atoms with Gasteiger partial charge in [0.15, 0.2) is 0 Å². The average Bonchev–Trinajstić information content (AvgIpc) is 3.33. The van der Waals surface area contributed by atoms with Crippen LogP contribution in [0.1, 0.15) is 64.0 Å². The Morgan fingerprint density at radius 1 is 0.585 bits per heavy atom. The Kier molecular flexibility index (Phi) is 5.92. The third kappa shape index (κ3) is 4.21. The van der Waals surface area contributed by atoms with Gasteiger partial charge < -0.3 is 0 Å². The van der Waals surface area contributed by atoms with Crippen LogP contribution in [-0.4, -0.2) is 41.8 Å². The molecule has 2 aliphatic rings. The normalized spacial score (nSPS) is 15.4. The Hall–Kier alpha value is -5.05. The molecule has 1 atom stereocenters. The van der Waals surface area contributed by atoms with Crippen molar-refractivity contribution >= 4 is 29.3 Å². The van der Waals surface area contributed by atoms with E-state index in [9.17, 15) is 32.3 Å². The number of hydrogen-bond acceptors (Lipinski definition) is 4. The lowest BCUT2D eigenvalue weighted by molar-refractivity contribution is -0.141. The first-order chi connectivity index (χ1) is 19.5. The maximum absolute atomic E-state index is 14.1. The molecule has 4 aromatic carbocycles. The number of imide groups is 2. The topological polar surface area (TPSA) is 74.8 Å². The van der Waals surface area contributed by atoms with E-state index < -0.39 is 35.7 Å². The molecule has 0 radical (unpaired) electrons. The van der Waals surface area contributed by atoms with Crippen molar-refractivity contribution < 1.29 is 32.3 Å². The van der Waals surface area contributed by atoms with Gasteiger partial charge in [0, 0.05) is 7.05 Å². The largest absolute Gasteiger partial charge is 0.399 e. The zero-order valence-corrected chi connectivity index (χ0v) is 21.8. The summed E-state index contributed by atoms with van der Waals surface area (Å²) in [5, 5.41) is 0. The van der Waals surface area contributed by atoms with Crippen molar-refractivity contribution in [1.29, 1.82) is 0 Å². The van der Waals surface area contributed by atoms with E-state index in [2.05, 4.69) is 0 Å². The molecule has 204 valence electrons. The van der Waals surface area contributed by atoms with Crippen LogP contribution >= 0.6 is 0 Å². The highest BCUT2D eigenvalue weighted by atomic mass is 19.4. The predicted octanol–water partition coefficient (Wildman–Crippen LogP) is 6.38. The molecule has 9 heteroatoms. The number of halogens is 3. The molecule has 6 nitrogen and oxygen atoms in total. The Morgan fingerprint density at radius 2 is 1.02 bits per heavy atom. The van der Waals surface area contributed by atoms with Gasteiger partial charge in [-0.15, -0.1) is 0 Å². The molecule has 0 aliphatic carbocycles. The van der Waals surface area contributed by atoms with Crippen LogP contribution in [-0.2, 0) is 0 Å². The number of benzene rings is 4. The monoisotopic (exact) mass is 554 g/mol. The minimum atomic E-state index is -4.55. The van der Waals surface area contributed by atoms with Crippen molar-refractivity contribution in [2.75, 3.05) is 11.9 Å². The predicted molar refractivity (Wildman–Crippen MR) is 145 cm³/mol. The number of carbonyl (C=O) groups is 4. The molecule has 4 aromatic rings. The molecule has 0 saturated carbocycles. The van der Waals surface area contributed by atoms with Crippen LogP contribution in [0.3, 0.4) is 0 Å². The summed E-state index contributed by atoms with van der Waals surface area (Å²) < 4.78 is 42.2. The summed E-state index contributed by atoms with van der Waals surface area (Å²) in [4.78, 5) is 53.2. The molecular formula is C32H21F3N2O4. The Labute approximate surface area is 232 Å². The lowest BCUT2D eigenvalue weighted by atomic mass is 9.90. The third-order valence-corrected chi connectivity index (χ3v) is 7.53. The SMILES string of the molecule is Cc1ccc(C(c2ccc(N3C(=O)c4ccc(-c5ccc6c(c5)C(=O)N(C)C6=O)cc4C3=O)cc2)C(F)(F)F)cc1. The second-order valence-corrected chi connectivity index (χ2v) is 10.1. The first-order valence-electron chi connectivity index (χ1n) is 12.7. The van der Waals surface area contributed by atoms with Gasteiger partial charge in [0.25, 0.3) is 23.6 Å². The highest BCUT2D eigenvalue weighted by molar-refractivity contribution is 6.34. The number of aryl methyl sites for hydroxylation is 1. The van der Waals surface area contributed by atoms with E-state index in [0.29, 0.717) is 16.7 Å². The lowest BCUT2D eigenvalue weighted by Gasteiger charge is -2.22. The quantitative estimate of drug-likeness (QED) is 0.274. The highest BCUT2D eigenvalue weighted by Gasteiger charge is 2.42. The van der Waals surface area contributed by atoms with Crippen LogP contribution in [0.5, 0.6) is 0 Å². The number of hydrogen-bond donors (Lipinski definition) is 0. The van der Waals surface area contributed by atoms with Gasteiger partial charge in [-0.3, -0.25) is 24.1 Å². The summed E-state index contributed by atoms with van der Waals surface area (Å²) in [7, 11) is 1.40. The molecule has 0 saturated heterocycles. The van der Waals surface area contributed by atoms with Crippen molar-refractivity contribution in [3.63, 3.8) is 0 Å². The standard InChI is InChI=1S/C32H21F3N2O4/c1-17-3-5-18(6-4-17)27(32(33,34)35)19-7-11-22(12-8-19)37-30(40)24-14-10-21(16-26(24)31(37)41)20-9-13-23-25(15-20)29(39)36(2)28(23)38/h3-16,27H,1-2H3. The first-order valence-corrected chi connectivity index (χ1v) is 12.7. The molecular weight excluding hydrogens is 533 g/mol. The minimum Gasteiger partial charge on any atom is -0.277 e. The summed E-state index contributed by atoms with van der Waals surface area (Å²) in [5.74, 6) is -3.89. The van der Waals surface area contributed by atoms with Gasteiger partial charge in [-0.1, -0.05) is 54.1 Å². The summed E-state index contributed by atoms with van der Waals surface area (Å²) in [5.41, 5.74) is 3.04. The average molecular weight is 555 g/mol. The summed E-state index contributed by atoms with van der Waals surface area (Å²) in [6.07, 6.45) is -4.55. The molecule has 6 rings (SSSR count). The van der Waals surface area contributed by atoms with Crippen molar-refractivity contribution in [3.05, 3.63) is 124 Å². The minimum absolute atomic E-state index is 0.0146. The van der Waals surface area contributed by atoms with E-state index in [1.807, 2.05) is 0 Å². The van der Waals surface area contributed by atoms with Crippen LogP contribution < -0.4 is 4.90 Å². The molecule has 2 heterocycles. The van der Waals surface area contributed by atoms with Crippen LogP contribution in [0.4, 0.5) is 18.9 Å². The molecule has 0 N–H and O–H groups in total. The maximum Gasteiger partial charge on any atom is 0.399 e. The zero-order valence-electron chi connectivity index (χ0n) is 21.8. The van der Waals surface area contributed by atoms with Crippen LogP contribution in [0, 0.1) is 6.92 Å². The second kappa shape index (κ2) is 9.26. The number of carbonyl (C=O) groups excluding carboxylic acids is 4. The highest BCUT2D eigenvalue weighted by Crippen LogP contribution is 2.41. The fourth-order valence-electron chi connectivity index (χ4n) is 5.34. The first kappa shape index (κ1) is 26.2. The smallest absolute Gasteiger partial charge is 0.277 e. The van der Waals surface area contributed by atoms with Gasteiger partial charge in [0.1, 0.15) is 5.92 Å². The Bertz CT molecular complexity index is 1780. The van der Waals surface area contributed by atoms with E-state index in [1.165, 1.54) is 55.6 Å². The Balaban J connectivity index is 1.31. The van der Waals surface area contributed by atoms with Crippen LogP contribution in [0.25, 0.3) is 11.1 Å². The maximum atomic E-state index is 14.1. The van der Waals surface area contributed by atoms with Gasteiger partial charge in [-0.25, -0.2) is 4.90 Å². The van der Waals surface area contributed by atoms with E-state index in [0.717, 1.165) is 15.4 Å². The summed E-state index contributed by atoms with van der Waals surface area (Å²) >= 11 is 0. The number of nitrogens with zero attached hydrogens (tertiary/aromatic N) is 2. The molecule has 4 amide bonds. The molecule has 0 spiro atoms. The Morgan fingerprint density at radius 3 is 1.56 bits per heavy atom. The van der Waals surface area contributed by atoms with Crippen molar-refractivity contribution in [1.82, 2.24) is 4.90 Å². The molecule has 41 heavy (non-hydrogen) atoms. The number of fused-ring (bicyclic) bond motifs is 2. The summed E-state index contributed by atoms with van der Waals surface area (Å²) in [6.45, 7) is 1.79. The number of anilines is 1. The van der Waals surface area contributed by atoms with Crippen LogP contribution in [0.2, 0.25) is 0 Å². The zero-order chi connectivity index (χ0) is 29.2. The van der Waals surface area contributed by atoms with Gasteiger partial charge >= 0.3 is 6.18 Å². The fraction of sp³-hybridized carbons (Fsp3) is 0.125. The fourth-order valence-corrected chi connectivity index (χ4v) is 5.34. The number of rotatable bonds is 4. The molecule has 2 aliphatic heterocycles. The molecule has 0 aromatic heterocycles.